The summed E-state index contributed by atoms with van der Waals surface area (Å²) in [5.74, 6) is 0.300. The van der Waals surface area contributed by atoms with Gasteiger partial charge in [-0.3, -0.25) is 4.90 Å². The molecule has 7 heteroatoms. The first-order valence-electron chi connectivity index (χ1n) is 8.78. The number of halogens is 1. The minimum Gasteiger partial charge on any atom is -0.387 e. The molecule has 1 heterocycles. The quantitative estimate of drug-likeness (QED) is 0.504. The predicted molar refractivity (Wildman–Crippen MR) is 97.1 cm³/mol. The van der Waals surface area contributed by atoms with Crippen molar-refractivity contribution >= 4 is 5.96 Å². The Labute approximate surface area is 149 Å². The summed E-state index contributed by atoms with van der Waals surface area (Å²) in [5.41, 5.74) is -0.356. The zero-order chi connectivity index (χ0) is 18.1. The molecule has 1 aromatic rings. The molecule has 1 aliphatic rings. The molecule has 1 aromatic carbocycles. The molecule has 1 saturated heterocycles. The molecule has 0 saturated carbocycles. The number of morpholine rings is 1. The Kier molecular flexibility index (Phi) is 7.61. The zero-order valence-electron chi connectivity index (χ0n) is 15.1. The van der Waals surface area contributed by atoms with Crippen LogP contribution < -0.4 is 10.6 Å². The third-order valence-electron chi connectivity index (χ3n) is 4.01. The smallest absolute Gasteiger partial charge is 0.191 e. The molecule has 1 unspecified atom stereocenters. The summed E-state index contributed by atoms with van der Waals surface area (Å²) in [4.78, 5) is 6.59. The van der Waals surface area contributed by atoms with Crippen LogP contribution in [0, 0.1) is 5.82 Å². The lowest BCUT2D eigenvalue weighted by molar-refractivity contribution is -0.0201. The van der Waals surface area contributed by atoms with Gasteiger partial charge in [0.15, 0.2) is 5.96 Å². The second-order valence-electron chi connectivity index (χ2n) is 6.53. The van der Waals surface area contributed by atoms with Crippen molar-refractivity contribution in [2.75, 3.05) is 45.9 Å². The third kappa shape index (κ3) is 6.97. The van der Waals surface area contributed by atoms with E-state index in [9.17, 15) is 9.50 Å². The number of guanidine groups is 1. The van der Waals surface area contributed by atoms with Crippen molar-refractivity contribution in [1.82, 2.24) is 15.5 Å². The fourth-order valence-corrected chi connectivity index (χ4v) is 2.70. The van der Waals surface area contributed by atoms with Gasteiger partial charge < -0.3 is 20.5 Å². The van der Waals surface area contributed by atoms with Gasteiger partial charge in [-0.15, -0.1) is 0 Å². The van der Waals surface area contributed by atoms with E-state index < -0.39 is 5.60 Å². The van der Waals surface area contributed by atoms with Crippen molar-refractivity contribution in [3.63, 3.8) is 0 Å². The molecule has 0 radical (unpaired) electrons. The summed E-state index contributed by atoms with van der Waals surface area (Å²) < 4.78 is 19.0. The largest absolute Gasteiger partial charge is 0.387 e. The minimum absolute atomic E-state index is 0.244. The van der Waals surface area contributed by atoms with Gasteiger partial charge in [0, 0.05) is 38.3 Å². The van der Waals surface area contributed by atoms with E-state index in [1.54, 1.807) is 25.1 Å². The maximum absolute atomic E-state index is 13.7. The fourth-order valence-electron chi connectivity index (χ4n) is 2.70. The van der Waals surface area contributed by atoms with Crippen molar-refractivity contribution < 1.29 is 14.2 Å². The highest BCUT2D eigenvalue weighted by molar-refractivity contribution is 5.79. The first-order valence-corrected chi connectivity index (χ1v) is 8.78. The van der Waals surface area contributed by atoms with Crippen LogP contribution in [0.15, 0.2) is 29.3 Å². The lowest BCUT2D eigenvalue weighted by Crippen LogP contribution is -2.52. The molecule has 140 valence electrons. The topological polar surface area (TPSA) is 69.1 Å². The number of hydrogen-bond acceptors (Lipinski definition) is 4. The Balaban J connectivity index is 1.89. The average Bonchev–Trinajstić information content (AvgIpc) is 2.59. The molecule has 0 aliphatic carbocycles. The van der Waals surface area contributed by atoms with Gasteiger partial charge in [-0.05, 0) is 19.9 Å². The van der Waals surface area contributed by atoms with Crippen LogP contribution in [0.25, 0.3) is 0 Å². The molecular weight excluding hydrogens is 323 g/mol. The number of aliphatic imine (C=N–C) groups is 1. The molecule has 2 rings (SSSR count). The van der Waals surface area contributed by atoms with Crippen molar-refractivity contribution in [3.05, 3.63) is 35.6 Å². The van der Waals surface area contributed by atoms with Crippen molar-refractivity contribution in [2.45, 2.75) is 26.0 Å². The summed E-state index contributed by atoms with van der Waals surface area (Å²) in [6.45, 7) is 8.69. The number of ether oxygens (including phenoxy) is 1. The predicted octanol–water partition coefficient (Wildman–Crippen LogP) is 0.964. The third-order valence-corrected chi connectivity index (χ3v) is 4.01. The summed E-state index contributed by atoms with van der Waals surface area (Å²) in [7, 11) is 0. The van der Waals surface area contributed by atoms with E-state index in [1.807, 2.05) is 6.92 Å². The Morgan fingerprint density at radius 2 is 2.04 bits per heavy atom. The normalized spacial score (nSPS) is 18.6. The number of nitrogens with zero attached hydrogens (tertiary/aromatic N) is 2. The highest BCUT2D eigenvalue weighted by Gasteiger charge is 2.25. The molecule has 1 fully saturated rings. The van der Waals surface area contributed by atoms with E-state index >= 15 is 0 Å². The highest BCUT2D eigenvalue weighted by atomic mass is 19.1. The molecule has 0 spiro atoms. The molecule has 1 aliphatic heterocycles. The summed E-state index contributed by atoms with van der Waals surface area (Å²) in [6, 6.07) is 6.60. The number of benzene rings is 1. The number of nitrogens with one attached hydrogen (secondary N) is 2. The van der Waals surface area contributed by atoms with Crippen molar-refractivity contribution in [2.24, 2.45) is 4.99 Å². The van der Waals surface area contributed by atoms with E-state index in [0.717, 1.165) is 13.1 Å². The molecule has 25 heavy (non-hydrogen) atoms. The zero-order valence-corrected chi connectivity index (χ0v) is 15.1. The lowest BCUT2D eigenvalue weighted by Gasteiger charge is -2.34. The minimum atomic E-state index is -0.897. The average molecular weight is 352 g/mol. The Morgan fingerprint density at radius 3 is 2.72 bits per heavy atom. The summed E-state index contributed by atoms with van der Waals surface area (Å²) in [6.07, 6.45) is 0. The molecule has 1 atom stereocenters. The fraction of sp³-hybridized carbons (Fsp3) is 0.611. The van der Waals surface area contributed by atoms with Crippen LogP contribution in [0.5, 0.6) is 0 Å². The van der Waals surface area contributed by atoms with E-state index in [1.165, 1.54) is 6.07 Å². The van der Waals surface area contributed by atoms with Gasteiger partial charge in [0.1, 0.15) is 5.82 Å². The molecule has 0 amide bonds. The number of aliphatic hydroxyl groups is 1. The van der Waals surface area contributed by atoms with Crippen LogP contribution >= 0.6 is 0 Å². The molecule has 0 aromatic heterocycles. The van der Waals surface area contributed by atoms with Crippen LogP contribution in [0.2, 0.25) is 0 Å². The van der Waals surface area contributed by atoms with Crippen molar-refractivity contribution in [1.29, 1.82) is 0 Å². The number of rotatable bonds is 7. The maximum atomic E-state index is 13.7. The van der Waals surface area contributed by atoms with E-state index in [2.05, 4.69) is 20.5 Å². The van der Waals surface area contributed by atoms with Gasteiger partial charge in [0.2, 0.25) is 0 Å². The monoisotopic (exact) mass is 352 g/mol. The van der Waals surface area contributed by atoms with E-state index in [4.69, 9.17) is 4.74 Å². The van der Waals surface area contributed by atoms with Gasteiger partial charge in [-0.1, -0.05) is 18.2 Å². The second-order valence-corrected chi connectivity index (χ2v) is 6.53. The van der Waals surface area contributed by atoms with Gasteiger partial charge >= 0.3 is 0 Å². The highest BCUT2D eigenvalue weighted by Crippen LogP contribution is 2.09. The van der Waals surface area contributed by atoms with Gasteiger partial charge in [-0.25, -0.2) is 9.38 Å². The van der Waals surface area contributed by atoms with Crippen LogP contribution in [-0.4, -0.2) is 67.5 Å². The molecular formula is C18H29FN4O2. The SMILES string of the molecule is CCNC(=NCc1ccccc1F)NCC(C)(O)CN1CCOCC1. The molecule has 6 nitrogen and oxygen atoms in total. The van der Waals surface area contributed by atoms with Gasteiger partial charge in [0.05, 0.1) is 25.4 Å². The van der Waals surface area contributed by atoms with E-state index in [-0.39, 0.29) is 12.4 Å². The van der Waals surface area contributed by atoms with E-state index in [0.29, 0.717) is 44.4 Å². The first kappa shape index (κ1) is 19.6. The van der Waals surface area contributed by atoms with Gasteiger partial charge in [-0.2, -0.15) is 0 Å². The Morgan fingerprint density at radius 1 is 1.32 bits per heavy atom. The maximum Gasteiger partial charge on any atom is 0.191 e. The number of hydrogen-bond donors (Lipinski definition) is 3. The Hall–Kier alpha value is -1.70. The van der Waals surface area contributed by atoms with Crippen LogP contribution in [-0.2, 0) is 11.3 Å². The Bertz CT molecular complexity index is 560. The van der Waals surface area contributed by atoms with Crippen molar-refractivity contribution in [3.8, 4) is 0 Å². The molecule has 0 bridgehead atoms. The second kappa shape index (κ2) is 9.70. The lowest BCUT2D eigenvalue weighted by atomic mass is 10.1. The molecule has 3 N–H and O–H groups in total. The van der Waals surface area contributed by atoms with Crippen LogP contribution in [0.1, 0.15) is 19.4 Å². The summed E-state index contributed by atoms with van der Waals surface area (Å²) in [5, 5.41) is 16.9. The summed E-state index contributed by atoms with van der Waals surface area (Å²) >= 11 is 0. The van der Waals surface area contributed by atoms with Crippen LogP contribution in [0.3, 0.4) is 0 Å². The number of β-amino-alcohol motifs (C(OH)–C–C–N with tert-alkyl or cyclic N) is 1. The standard InChI is InChI=1S/C18H29FN4O2/c1-3-20-17(21-12-15-6-4-5-7-16(15)19)22-13-18(2,24)14-23-8-10-25-11-9-23/h4-7,24H,3,8-14H2,1-2H3,(H2,20,21,22). The first-order chi connectivity index (χ1) is 12.0. The van der Waals surface area contributed by atoms with Gasteiger partial charge in [0.25, 0.3) is 0 Å². The van der Waals surface area contributed by atoms with Crippen LogP contribution in [0.4, 0.5) is 4.39 Å².